The van der Waals surface area contributed by atoms with Gasteiger partial charge in [0.2, 0.25) is 5.91 Å². The van der Waals surface area contributed by atoms with Crippen molar-refractivity contribution in [1.82, 2.24) is 10.2 Å². The molecule has 1 atom stereocenters. The summed E-state index contributed by atoms with van der Waals surface area (Å²) in [4.78, 5) is 13.9. The predicted molar refractivity (Wildman–Crippen MR) is 88.0 cm³/mol. The number of amides is 1. The highest BCUT2D eigenvalue weighted by Crippen LogP contribution is 2.26. The Morgan fingerprint density at radius 2 is 2.00 bits per heavy atom. The molecule has 0 aliphatic carbocycles. The van der Waals surface area contributed by atoms with Crippen molar-refractivity contribution in [2.24, 2.45) is 0 Å². The van der Waals surface area contributed by atoms with Crippen LogP contribution < -0.4 is 10.1 Å². The highest BCUT2D eigenvalue weighted by Gasteiger charge is 2.25. The van der Waals surface area contributed by atoms with Gasteiger partial charge in [-0.2, -0.15) is 0 Å². The molecule has 0 spiro atoms. The summed E-state index contributed by atoms with van der Waals surface area (Å²) < 4.78 is 5.51. The van der Waals surface area contributed by atoms with E-state index in [1.54, 1.807) is 12.0 Å². The Kier molecular flexibility index (Phi) is 4.29. The number of rotatable bonds is 4. The van der Waals surface area contributed by atoms with Crippen LogP contribution in [0.5, 0.6) is 5.75 Å². The van der Waals surface area contributed by atoms with Crippen molar-refractivity contribution in [3.63, 3.8) is 0 Å². The van der Waals surface area contributed by atoms with E-state index in [2.05, 4.69) is 29.6 Å². The van der Waals surface area contributed by atoms with Crippen LogP contribution in [0, 0.1) is 0 Å². The van der Waals surface area contributed by atoms with Crippen LogP contribution in [0.2, 0.25) is 0 Å². The molecule has 22 heavy (non-hydrogen) atoms. The van der Waals surface area contributed by atoms with Crippen LogP contribution in [0.1, 0.15) is 18.4 Å². The SMILES string of the molecule is COc1cc2ccccc2cc1CNC1CCCN(C)C1=O. The van der Waals surface area contributed by atoms with Gasteiger partial charge >= 0.3 is 0 Å². The van der Waals surface area contributed by atoms with Crippen molar-refractivity contribution in [2.75, 3.05) is 20.7 Å². The van der Waals surface area contributed by atoms with E-state index in [1.807, 2.05) is 19.2 Å². The first-order valence-corrected chi connectivity index (χ1v) is 7.73. The quantitative estimate of drug-likeness (QED) is 0.943. The molecule has 1 fully saturated rings. The van der Waals surface area contributed by atoms with Crippen LogP contribution in [0.25, 0.3) is 10.8 Å². The van der Waals surface area contributed by atoms with E-state index in [-0.39, 0.29) is 11.9 Å². The third kappa shape index (κ3) is 2.92. The summed E-state index contributed by atoms with van der Waals surface area (Å²) in [6.45, 7) is 1.49. The summed E-state index contributed by atoms with van der Waals surface area (Å²) >= 11 is 0. The molecule has 1 aliphatic heterocycles. The molecular weight excluding hydrogens is 276 g/mol. The van der Waals surface area contributed by atoms with Crippen molar-refractivity contribution in [3.8, 4) is 5.75 Å². The molecule has 4 nitrogen and oxygen atoms in total. The molecule has 3 rings (SSSR count). The largest absolute Gasteiger partial charge is 0.496 e. The molecule has 0 radical (unpaired) electrons. The maximum Gasteiger partial charge on any atom is 0.239 e. The Bertz CT molecular complexity index is 684. The first kappa shape index (κ1) is 14.9. The summed E-state index contributed by atoms with van der Waals surface area (Å²) in [7, 11) is 3.56. The van der Waals surface area contributed by atoms with Crippen molar-refractivity contribution < 1.29 is 9.53 Å². The summed E-state index contributed by atoms with van der Waals surface area (Å²) in [5, 5.41) is 5.74. The van der Waals surface area contributed by atoms with Gasteiger partial charge in [-0.3, -0.25) is 4.79 Å². The van der Waals surface area contributed by atoms with Crippen LogP contribution in [-0.4, -0.2) is 37.6 Å². The fraction of sp³-hybridized carbons (Fsp3) is 0.389. The van der Waals surface area contributed by atoms with Crippen molar-refractivity contribution in [2.45, 2.75) is 25.4 Å². The van der Waals surface area contributed by atoms with E-state index in [9.17, 15) is 4.79 Å². The van der Waals surface area contributed by atoms with Crippen LogP contribution in [0.15, 0.2) is 36.4 Å². The number of hydrogen-bond donors (Lipinski definition) is 1. The zero-order valence-corrected chi connectivity index (χ0v) is 13.1. The van der Waals surface area contributed by atoms with Crippen molar-refractivity contribution >= 4 is 16.7 Å². The Labute approximate surface area is 131 Å². The van der Waals surface area contributed by atoms with Crippen LogP contribution in [0.4, 0.5) is 0 Å². The second-order valence-electron chi connectivity index (χ2n) is 5.85. The summed E-state index contributed by atoms with van der Waals surface area (Å²) in [5.41, 5.74) is 1.09. The van der Waals surface area contributed by atoms with Gasteiger partial charge in [0.15, 0.2) is 0 Å². The third-order valence-corrected chi connectivity index (χ3v) is 4.35. The Balaban J connectivity index is 1.79. The molecule has 1 amide bonds. The number of carbonyl (C=O) groups is 1. The van der Waals surface area contributed by atoms with Gasteiger partial charge in [0.25, 0.3) is 0 Å². The van der Waals surface area contributed by atoms with Crippen molar-refractivity contribution in [3.05, 3.63) is 42.0 Å². The highest BCUT2D eigenvalue weighted by molar-refractivity contribution is 5.85. The first-order valence-electron chi connectivity index (χ1n) is 7.73. The van der Waals surface area contributed by atoms with Crippen LogP contribution >= 0.6 is 0 Å². The van der Waals surface area contributed by atoms with Gasteiger partial charge in [0.05, 0.1) is 13.2 Å². The average Bonchev–Trinajstić information content (AvgIpc) is 2.55. The third-order valence-electron chi connectivity index (χ3n) is 4.35. The van der Waals surface area contributed by atoms with Gasteiger partial charge in [0.1, 0.15) is 5.75 Å². The van der Waals surface area contributed by atoms with Crippen molar-refractivity contribution in [1.29, 1.82) is 0 Å². The zero-order valence-electron chi connectivity index (χ0n) is 13.1. The molecule has 0 bridgehead atoms. The summed E-state index contributed by atoms with van der Waals surface area (Å²) in [6, 6.07) is 12.3. The van der Waals surface area contributed by atoms with Crippen LogP contribution in [-0.2, 0) is 11.3 Å². The van der Waals surface area contributed by atoms with Gasteiger partial charge in [0, 0.05) is 25.7 Å². The Morgan fingerprint density at radius 1 is 1.27 bits per heavy atom. The van der Waals surface area contributed by atoms with Gasteiger partial charge in [-0.15, -0.1) is 0 Å². The molecule has 1 saturated heterocycles. The lowest BCUT2D eigenvalue weighted by Gasteiger charge is -2.30. The molecule has 1 N–H and O–H groups in total. The zero-order chi connectivity index (χ0) is 15.5. The number of nitrogens with zero attached hydrogens (tertiary/aromatic N) is 1. The summed E-state index contributed by atoms with van der Waals surface area (Å²) in [5.74, 6) is 1.05. The molecule has 0 aromatic heterocycles. The standard InChI is InChI=1S/C18H22N2O2/c1-20-9-5-8-16(18(20)21)19-12-15-10-13-6-3-4-7-14(13)11-17(15)22-2/h3-4,6-7,10-11,16,19H,5,8-9,12H2,1-2H3. The number of ether oxygens (including phenoxy) is 1. The lowest BCUT2D eigenvalue weighted by Crippen LogP contribution is -2.48. The molecule has 1 unspecified atom stereocenters. The molecule has 4 heteroatoms. The number of likely N-dealkylation sites (N-methyl/N-ethyl adjacent to an activating group) is 1. The second-order valence-corrected chi connectivity index (χ2v) is 5.85. The van der Waals surface area contributed by atoms with Crippen LogP contribution in [0.3, 0.4) is 0 Å². The monoisotopic (exact) mass is 298 g/mol. The number of piperidine rings is 1. The van der Waals surface area contributed by atoms with E-state index in [1.165, 1.54) is 5.39 Å². The van der Waals surface area contributed by atoms with E-state index < -0.39 is 0 Å². The van der Waals surface area contributed by atoms with E-state index >= 15 is 0 Å². The predicted octanol–water partition coefficient (Wildman–Crippen LogP) is 2.56. The second kappa shape index (κ2) is 6.36. The van der Waals surface area contributed by atoms with Gasteiger partial charge in [-0.05, 0) is 35.7 Å². The molecule has 1 heterocycles. The first-order chi connectivity index (χ1) is 10.7. The average molecular weight is 298 g/mol. The maximum atomic E-state index is 12.1. The van der Waals surface area contributed by atoms with Gasteiger partial charge < -0.3 is 15.0 Å². The minimum absolute atomic E-state index is 0.0880. The number of carbonyl (C=O) groups excluding carboxylic acids is 1. The van der Waals surface area contributed by atoms with E-state index in [0.717, 1.165) is 36.1 Å². The highest BCUT2D eigenvalue weighted by atomic mass is 16.5. The lowest BCUT2D eigenvalue weighted by molar-refractivity contribution is -0.134. The Hall–Kier alpha value is -2.07. The lowest BCUT2D eigenvalue weighted by atomic mass is 10.0. The smallest absolute Gasteiger partial charge is 0.239 e. The van der Waals surface area contributed by atoms with Gasteiger partial charge in [-0.1, -0.05) is 24.3 Å². The molecule has 2 aromatic carbocycles. The fourth-order valence-electron chi connectivity index (χ4n) is 3.05. The number of methoxy groups -OCH3 is 1. The number of hydrogen-bond acceptors (Lipinski definition) is 3. The number of likely N-dealkylation sites (tertiary alicyclic amines) is 1. The normalized spacial score (nSPS) is 18.7. The van der Waals surface area contributed by atoms with Gasteiger partial charge in [-0.25, -0.2) is 0 Å². The topological polar surface area (TPSA) is 41.6 Å². The number of benzene rings is 2. The molecule has 0 saturated carbocycles. The van der Waals surface area contributed by atoms with E-state index in [0.29, 0.717) is 6.54 Å². The minimum atomic E-state index is -0.0880. The summed E-state index contributed by atoms with van der Waals surface area (Å²) in [6.07, 6.45) is 1.95. The fourth-order valence-corrected chi connectivity index (χ4v) is 3.05. The number of fused-ring (bicyclic) bond motifs is 1. The molecular formula is C18H22N2O2. The molecule has 1 aliphatic rings. The molecule has 2 aromatic rings. The Morgan fingerprint density at radius 3 is 2.73 bits per heavy atom. The van der Waals surface area contributed by atoms with E-state index in [4.69, 9.17) is 4.74 Å². The molecule has 116 valence electrons. The minimum Gasteiger partial charge on any atom is -0.496 e. The maximum absolute atomic E-state index is 12.1. The number of nitrogens with one attached hydrogen (secondary N) is 1.